The van der Waals surface area contributed by atoms with Crippen molar-refractivity contribution in [1.29, 1.82) is 0 Å². The van der Waals surface area contributed by atoms with E-state index in [9.17, 15) is 4.79 Å². The van der Waals surface area contributed by atoms with Crippen LogP contribution in [0.15, 0.2) is 43.1 Å². The zero-order valence-electron chi connectivity index (χ0n) is 12.9. The van der Waals surface area contributed by atoms with Crippen molar-refractivity contribution < 1.29 is 4.79 Å². The number of aromatic nitrogens is 4. The number of nitrogens with one attached hydrogen (secondary N) is 1. The lowest BCUT2D eigenvalue weighted by molar-refractivity contribution is 0.103. The second-order valence-electron chi connectivity index (χ2n) is 5.56. The molecule has 3 aromatic heterocycles. The number of thiazole rings is 1. The van der Waals surface area contributed by atoms with Crippen LogP contribution in [0, 0.1) is 5.92 Å². The molecule has 0 fully saturated rings. The molecule has 1 amide bonds. The van der Waals surface area contributed by atoms with Crippen LogP contribution >= 0.6 is 11.3 Å². The first kappa shape index (κ1) is 15.4. The maximum absolute atomic E-state index is 12.3. The summed E-state index contributed by atoms with van der Waals surface area (Å²) in [7, 11) is 0. The Morgan fingerprint density at radius 2 is 2.09 bits per heavy atom. The fraction of sp³-hybridized carbons (Fsp3) is 0.250. The molecular weight excluding hydrogens is 310 g/mol. The lowest BCUT2D eigenvalue weighted by atomic mass is 10.2. The number of pyridine rings is 1. The summed E-state index contributed by atoms with van der Waals surface area (Å²) in [6.07, 6.45) is 8.50. The molecule has 3 rings (SSSR count). The second kappa shape index (κ2) is 6.70. The normalized spacial score (nSPS) is 10.9. The minimum atomic E-state index is -0.174. The Balaban J connectivity index is 1.69. The van der Waals surface area contributed by atoms with Gasteiger partial charge >= 0.3 is 0 Å². The molecule has 0 spiro atoms. The maximum atomic E-state index is 12.3. The smallest absolute Gasteiger partial charge is 0.267 e. The molecule has 23 heavy (non-hydrogen) atoms. The van der Waals surface area contributed by atoms with Gasteiger partial charge in [-0.05, 0) is 18.1 Å². The average Bonchev–Trinajstić information content (AvgIpc) is 3.17. The summed E-state index contributed by atoms with van der Waals surface area (Å²) in [5.74, 6) is 0.328. The summed E-state index contributed by atoms with van der Waals surface area (Å²) >= 11 is 1.35. The minimum Gasteiger partial charge on any atom is -0.319 e. The van der Waals surface area contributed by atoms with Gasteiger partial charge in [0.1, 0.15) is 9.88 Å². The van der Waals surface area contributed by atoms with Crippen LogP contribution < -0.4 is 5.32 Å². The number of anilines is 1. The van der Waals surface area contributed by atoms with Gasteiger partial charge in [-0.25, -0.2) is 4.98 Å². The summed E-state index contributed by atoms with van der Waals surface area (Å²) in [5, 5.41) is 7.89. The van der Waals surface area contributed by atoms with E-state index in [0.29, 0.717) is 16.5 Å². The fourth-order valence-corrected chi connectivity index (χ4v) is 2.92. The number of nitrogens with zero attached hydrogens (tertiary/aromatic N) is 4. The third-order valence-corrected chi connectivity index (χ3v) is 4.15. The van der Waals surface area contributed by atoms with Crippen molar-refractivity contribution >= 4 is 22.9 Å². The number of hydrogen-bond donors (Lipinski definition) is 1. The molecule has 0 saturated carbocycles. The Morgan fingerprint density at radius 1 is 1.30 bits per heavy atom. The van der Waals surface area contributed by atoms with Gasteiger partial charge in [0.25, 0.3) is 5.91 Å². The van der Waals surface area contributed by atoms with E-state index in [2.05, 4.69) is 34.2 Å². The number of rotatable bonds is 5. The van der Waals surface area contributed by atoms with E-state index in [0.717, 1.165) is 17.1 Å². The van der Waals surface area contributed by atoms with Crippen LogP contribution in [-0.4, -0.2) is 25.7 Å². The van der Waals surface area contributed by atoms with Crippen molar-refractivity contribution in [3.63, 3.8) is 0 Å². The van der Waals surface area contributed by atoms with E-state index in [4.69, 9.17) is 0 Å². The summed E-state index contributed by atoms with van der Waals surface area (Å²) in [4.78, 5) is 21.1. The van der Waals surface area contributed by atoms with Crippen LogP contribution in [0.25, 0.3) is 10.6 Å². The van der Waals surface area contributed by atoms with Gasteiger partial charge in [0.05, 0.1) is 18.1 Å². The Kier molecular flexibility index (Phi) is 4.47. The van der Waals surface area contributed by atoms with Gasteiger partial charge in [-0.1, -0.05) is 13.8 Å². The molecule has 1 N–H and O–H groups in total. The number of hydrogen-bond acceptors (Lipinski definition) is 5. The summed E-state index contributed by atoms with van der Waals surface area (Å²) < 4.78 is 1.83. The molecular formula is C16H17N5OS. The van der Waals surface area contributed by atoms with Crippen LogP contribution in [-0.2, 0) is 6.54 Å². The largest absolute Gasteiger partial charge is 0.319 e. The summed E-state index contributed by atoms with van der Waals surface area (Å²) in [6, 6.07) is 3.74. The molecule has 7 heteroatoms. The maximum Gasteiger partial charge on any atom is 0.267 e. The van der Waals surface area contributed by atoms with Crippen LogP contribution in [0.5, 0.6) is 0 Å². The molecule has 3 aromatic rings. The van der Waals surface area contributed by atoms with Crippen molar-refractivity contribution in [2.75, 3.05) is 5.32 Å². The molecule has 0 aliphatic heterocycles. The third-order valence-electron chi connectivity index (χ3n) is 3.10. The Hall–Kier alpha value is -2.54. The van der Waals surface area contributed by atoms with E-state index in [-0.39, 0.29) is 5.91 Å². The quantitative estimate of drug-likeness (QED) is 0.780. The summed E-state index contributed by atoms with van der Waals surface area (Å²) in [6.45, 7) is 5.07. The van der Waals surface area contributed by atoms with E-state index >= 15 is 0 Å². The highest BCUT2D eigenvalue weighted by atomic mass is 32.1. The molecule has 118 valence electrons. The molecule has 6 nitrogen and oxygen atoms in total. The van der Waals surface area contributed by atoms with Gasteiger partial charge in [-0.15, -0.1) is 11.3 Å². The van der Waals surface area contributed by atoms with Gasteiger partial charge < -0.3 is 5.32 Å². The van der Waals surface area contributed by atoms with Gasteiger partial charge in [-0.2, -0.15) is 5.10 Å². The predicted molar refractivity (Wildman–Crippen MR) is 90.4 cm³/mol. The molecule has 0 aliphatic carbocycles. The van der Waals surface area contributed by atoms with Crippen molar-refractivity contribution in [3.05, 3.63) is 48.0 Å². The van der Waals surface area contributed by atoms with Crippen molar-refractivity contribution in [1.82, 2.24) is 19.7 Å². The van der Waals surface area contributed by atoms with E-state index in [1.807, 2.05) is 23.0 Å². The van der Waals surface area contributed by atoms with Gasteiger partial charge in [-0.3, -0.25) is 14.5 Å². The first-order chi connectivity index (χ1) is 11.1. The van der Waals surface area contributed by atoms with Crippen molar-refractivity contribution in [2.45, 2.75) is 20.4 Å². The first-order valence-corrected chi connectivity index (χ1v) is 8.13. The zero-order valence-corrected chi connectivity index (χ0v) is 13.7. The van der Waals surface area contributed by atoms with Crippen LogP contribution in [0.4, 0.5) is 5.69 Å². The van der Waals surface area contributed by atoms with Crippen LogP contribution in [0.2, 0.25) is 0 Å². The minimum absolute atomic E-state index is 0.174. The number of carbonyl (C=O) groups excluding carboxylic acids is 1. The molecule has 0 aliphatic rings. The van der Waals surface area contributed by atoms with Crippen LogP contribution in [0.1, 0.15) is 23.5 Å². The van der Waals surface area contributed by atoms with Gasteiger partial charge in [0, 0.05) is 30.7 Å². The standard InChI is InChI=1S/C16H17N5OS/c1-11(2)9-21-10-13(7-19-21)20-15(22)14-8-18-16(23-14)12-3-5-17-6-4-12/h3-8,10-11H,9H2,1-2H3,(H,20,22). The number of carbonyl (C=O) groups is 1. The van der Waals surface area contributed by atoms with E-state index in [1.165, 1.54) is 11.3 Å². The highest BCUT2D eigenvalue weighted by molar-refractivity contribution is 7.17. The predicted octanol–water partition coefficient (Wildman–Crippen LogP) is 3.31. The Bertz CT molecular complexity index is 794. The molecule has 3 heterocycles. The first-order valence-electron chi connectivity index (χ1n) is 7.32. The van der Waals surface area contributed by atoms with Gasteiger partial charge in [0.2, 0.25) is 0 Å². The molecule has 0 aromatic carbocycles. The number of amides is 1. The monoisotopic (exact) mass is 327 g/mol. The van der Waals surface area contributed by atoms with Crippen molar-refractivity contribution in [2.24, 2.45) is 5.92 Å². The Labute approximate surface area is 138 Å². The highest BCUT2D eigenvalue weighted by Gasteiger charge is 2.13. The highest BCUT2D eigenvalue weighted by Crippen LogP contribution is 2.25. The molecule has 0 unspecified atom stereocenters. The molecule has 0 radical (unpaired) electrons. The fourth-order valence-electron chi connectivity index (χ4n) is 2.10. The van der Waals surface area contributed by atoms with Crippen molar-refractivity contribution in [3.8, 4) is 10.6 Å². The molecule has 0 saturated heterocycles. The Morgan fingerprint density at radius 3 is 2.83 bits per heavy atom. The zero-order chi connectivity index (χ0) is 16.2. The topological polar surface area (TPSA) is 72.7 Å². The lowest BCUT2D eigenvalue weighted by Crippen LogP contribution is -2.09. The molecule has 0 atom stereocenters. The molecule has 0 bridgehead atoms. The van der Waals surface area contributed by atoms with Gasteiger partial charge in [0.15, 0.2) is 0 Å². The second-order valence-corrected chi connectivity index (χ2v) is 6.60. The average molecular weight is 327 g/mol. The summed E-state index contributed by atoms with van der Waals surface area (Å²) in [5.41, 5.74) is 1.64. The van der Waals surface area contributed by atoms with E-state index < -0.39 is 0 Å². The lowest BCUT2D eigenvalue weighted by Gasteiger charge is -2.03. The SMILES string of the molecule is CC(C)Cn1cc(NC(=O)c2cnc(-c3ccncc3)s2)cn1. The third kappa shape index (κ3) is 3.81. The van der Waals surface area contributed by atoms with E-state index in [1.54, 1.807) is 24.8 Å². The van der Waals surface area contributed by atoms with Crippen LogP contribution in [0.3, 0.4) is 0 Å².